The van der Waals surface area contributed by atoms with Crippen molar-refractivity contribution in [3.05, 3.63) is 23.4 Å². The van der Waals surface area contributed by atoms with Gasteiger partial charge in [-0.15, -0.1) is 0 Å². The lowest BCUT2D eigenvalue weighted by Gasteiger charge is -2.10. The lowest BCUT2D eigenvalue weighted by molar-refractivity contribution is 0.287. The second-order valence-corrected chi connectivity index (χ2v) is 4.79. The molecule has 1 saturated carbocycles. The SMILES string of the molecule is Cc1cc(C(C)C)cc(OCC2CC2)n1. The summed E-state index contributed by atoms with van der Waals surface area (Å²) in [6.07, 6.45) is 2.64. The molecule has 1 aliphatic rings. The van der Waals surface area contributed by atoms with Gasteiger partial charge in [0.15, 0.2) is 0 Å². The Kier molecular flexibility index (Phi) is 2.94. The van der Waals surface area contributed by atoms with E-state index < -0.39 is 0 Å². The first-order valence-electron chi connectivity index (χ1n) is 5.76. The molecular formula is C13H19NO. The standard InChI is InChI=1S/C13H19NO/c1-9(2)12-6-10(3)14-13(7-12)15-8-11-4-5-11/h6-7,9,11H,4-5,8H2,1-3H3. The van der Waals surface area contributed by atoms with Crippen molar-refractivity contribution in [1.82, 2.24) is 4.98 Å². The molecule has 1 aliphatic carbocycles. The Morgan fingerprint density at radius 2 is 2.13 bits per heavy atom. The van der Waals surface area contributed by atoms with Gasteiger partial charge in [0.25, 0.3) is 0 Å². The molecule has 0 aliphatic heterocycles. The van der Waals surface area contributed by atoms with Crippen LogP contribution >= 0.6 is 0 Å². The summed E-state index contributed by atoms with van der Waals surface area (Å²) in [7, 11) is 0. The molecule has 1 fully saturated rings. The summed E-state index contributed by atoms with van der Waals surface area (Å²) in [5.74, 6) is 2.12. The molecular weight excluding hydrogens is 186 g/mol. The highest BCUT2D eigenvalue weighted by atomic mass is 16.5. The first-order chi connectivity index (χ1) is 7.15. The fourth-order valence-electron chi connectivity index (χ4n) is 1.56. The van der Waals surface area contributed by atoms with E-state index in [1.54, 1.807) is 0 Å². The van der Waals surface area contributed by atoms with Crippen LogP contribution in [0.2, 0.25) is 0 Å². The van der Waals surface area contributed by atoms with Gasteiger partial charge in [0, 0.05) is 11.8 Å². The van der Waals surface area contributed by atoms with Gasteiger partial charge < -0.3 is 4.74 Å². The maximum Gasteiger partial charge on any atom is 0.213 e. The van der Waals surface area contributed by atoms with Crippen LogP contribution in [0, 0.1) is 12.8 Å². The summed E-state index contributed by atoms with van der Waals surface area (Å²) in [4.78, 5) is 4.39. The number of aromatic nitrogens is 1. The van der Waals surface area contributed by atoms with E-state index in [1.807, 2.05) is 6.92 Å². The third kappa shape index (κ3) is 2.95. The minimum Gasteiger partial charge on any atom is -0.477 e. The molecule has 1 aromatic rings. The predicted octanol–water partition coefficient (Wildman–Crippen LogP) is 3.30. The molecule has 0 spiro atoms. The van der Waals surface area contributed by atoms with Gasteiger partial charge in [0.2, 0.25) is 5.88 Å². The van der Waals surface area contributed by atoms with Crippen LogP contribution < -0.4 is 4.74 Å². The molecule has 0 radical (unpaired) electrons. The zero-order valence-corrected chi connectivity index (χ0v) is 9.79. The van der Waals surface area contributed by atoms with Crippen molar-refractivity contribution in [3.8, 4) is 5.88 Å². The average molecular weight is 205 g/mol. The lowest BCUT2D eigenvalue weighted by Crippen LogP contribution is -2.02. The molecule has 0 atom stereocenters. The second-order valence-electron chi connectivity index (χ2n) is 4.79. The van der Waals surface area contributed by atoms with E-state index >= 15 is 0 Å². The molecule has 2 nitrogen and oxygen atoms in total. The molecule has 0 unspecified atom stereocenters. The number of nitrogens with zero attached hydrogens (tertiary/aromatic N) is 1. The molecule has 0 saturated heterocycles. The van der Waals surface area contributed by atoms with Crippen LogP contribution in [0.4, 0.5) is 0 Å². The van der Waals surface area contributed by atoms with Gasteiger partial charge in [0.05, 0.1) is 6.61 Å². The Hall–Kier alpha value is -1.05. The molecule has 1 aromatic heterocycles. The molecule has 1 heterocycles. The van der Waals surface area contributed by atoms with E-state index in [9.17, 15) is 0 Å². The van der Waals surface area contributed by atoms with E-state index in [2.05, 4.69) is 31.0 Å². The quantitative estimate of drug-likeness (QED) is 0.752. The van der Waals surface area contributed by atoms with Crippen LogP contribution in [-0.4, -0.2) is 11.6 Å². The zero-order chi connectivity index (χ0) is 10.8. The highest BCUT2D eigenvalue weighted by molar-refractivity contribution is 5.26. The predicted molar refractivity (Wildman–Crippen MR) is 61.3 cm³/mol. The Balaban J connectivity index is 2.07. The van der Waals surface area contributed by atoms with Crippen molar-refractivity contribution < 1.29 is 4.74 Å². The molecule has 0 N–H and O–H groups in total. The van der Waals surface area contributed by atoms with Crippen molar-refractivity contribution in [2.75, 3.05) is 6.61 Å². The number of hydrogen-bond acceptors (Lipinski definition) is 2. The number of hydrogen-bond donors (Lipinski definition) is 0. The number of aryl methyl sites for hydroxylation is 1. The van der Waals surface area contributed by atoms with Gasteiger partial charge in [-0.3, -0.25) is 0 Å². The van der Waals surface area contributed by atoms with Gasteiger partial charge in [-0.2, -0.15) is 0 Å². The zero-order valence-electron chi connectivity index (χ0n) is 9.79. The van der Waals surface area contributed by atoms with Gasteiger partial charge in [-0.05, 0) is 43.2 Å². The third-order valence-electron chi connectivity index (χ3n) is 2.78. The van der Waals surface area contributed by atoms with Crippen molar-refractivity contribution in [2.24, 2.45) is 5.92 Å². The summed E-state index contributed by atoms with van der Waals surface area (Å²) < 4.78 is 5.69. The van der Waals surface area contributed by atoms with E-state index in [0.29, 0.717) is 5.92 Å². The maximum atomic E-state index is 5.69. The maximum absolute atomic E-state index is 5.69. The average Bonchev–Trinajstić information content (AvgIpc) is 2.97. The minimum atomic E-state index is 0.537. The summed E-state index contributed by atoms with van der Waals surface area (Å²) in [5, 5.41) is 0. The number of pyridine rings is 1. The van der Waals surface area contributed by atoms with E-state index in [1.165, 1.54) is 18.4 Å². The van der Waals surface area contributed by atoms with E-state index in [4.69, 9.17) is 4.74 Å². The third-order valence-corrected chi connectivity index (χ3v) is 2.78. The Morgan fingerprint density at radius 1 is 1.40 bits per heavy atom. The summed E-state index contributed by atoms with van der Waals surface area (Å²) in [6, 6.07) is 4.20. The fourth-order valence-corrected chi connectivity index (χ4v) is 1.56. The first-order valence-corrected chi connectivity index (χ1v) is 5.76. The molecule has 82 valence electrons. The Labute approximate surface area is 91.7 Å². The van der Waals surface area contributed by atoms with Gasteiger partial charge in [-0.1, -0.05) is 13.8 Å². The summed E-state index contributed by atoms with van der Waals surface area (Å²) in [6.45, 7) is 7.25. The Morgan fingerprint density at radius 3 is 2.73 bits per heavy atom. The monoisotopic (exact) mass is 205 g/mol. The van der Waals surface area contributed by atoms with Crippen LogP contribution in [0.3, 0.4) is 0 Å². The van der Waals surface area contributed by atoms with Crippen molar-refractivity contribution >= 4 is 0 Å². The van der Waals surface area contributed by atoms with Crippen molar-refractivity contribution in [3.63, 3.8) is 0 Å². The first kappa shape index (κ1) is 10.5. The van der Waals surface area contributed by atoms with Gasteiger partial charge in [0.1, 0.15) is 0 Å². The van der Waals surface area contributed by atoms with Crippen molar-refractivity contribution in [1.29, 1.82) is 0 Å². The molecule has 0 amide bonds. The largest absolute Gasteiger partial charge is 0.477 e. The van der Waals surface area contributed by atoms with Crippen LogP contribution in [0.1, 0.15) is 43.9 Å². The van der Waals surface area contributed by atoms with Crippen LogP contribution in [-0.2, 0) is 0 Å². The lowest BCUT2D eigenvalue weighted by atomic mass is 10.0. The van der Waals surface area contributed by atoms with Crippen LogP contribution in [0.5, 0.6) is 5.88 Å². The van der Waals surface area contributed by atoms with Crippen LogP contribution in [0.25, 0.3) is 0 Å². The molecule has 2 heteroatoms. The highest BCUT2D eigenvalue weighted by Gasteiger charge is 2.22. The molecule has 2 rings (SSSR count). The van der Waals surface area contributed by atoms with E-state index in [-0.39, 0.29) is 0 Å². The van der Waals surface area contributed by atoms with Gasteiger partial charge in [-0.25, -0.2) is 4.98 Å². The minimum absolute atomic E-state index is 0.537. The summed E-state index contributed by atoms with van der Waals surface area (Å²) in [5.41, 5.74) is 2.36. The van der Waals surface area contributed by atoms with Crippen LogP contribution in [0.15, 0.2) is 12.1 Å². The topological polar surface area (TPSA) is 22.1 Å². The fraction of sp³-hybridized carbons (Fsp3) is 0.615. The number of ether oxygens (including phenoxy) is 1. The number of rotatable bonds is 4. The smallest absolute Gasteiger partial charge is 0.213 e. The molecule has 0 aromatic carbocycles. The Bertz CT molecular complexity index is 342. The highest BCUT2D eigenvalue weighted by Crippen LogP contribution is 2.29. The van der Waals surface area contributed by atoms with Crippen molar-refractivity contribution in [2.45, 2.75) is 39.5 Å². The summed E-state index contributed by atoms with van der Waals surface area (Å²) >= 11 is 0. The molecule has 15 heavy (non-hydrogen) atoms. The molecule has 0 bridgehead atoms. The normalized spacial score (nSPS) is 15.7. The second kappa shape index (κ2) is 4.21. The van der Waals surface area contributed by atoms with E-state index in [0.717, 1.165) is 24.1 Å². The van der Waals surface area contributed by atoms with Gasteiger partial charge >= 0.3 is 0 Å².